The second-order valence-corrected chi connectivity index (χ2v) is 4.47. The Morgan fingerprint density at radius 3 is 2.81 bits per heavy atom. The minimum Gasteiger partial charge on any atom is -0.370 e. The third-order valence-electron chi connectivity index (χ3n) is 2.77. The number of amides is 2. The molecule has 0 aliphatic heterocycles. The predicted octanol–water partition coefficient (Wildman–Crippen LogP) is -0.982. The molecule has 0 saturated heterocycles. The Hall–Kier alpha value is -2.81. The van der Waals surface area contributed by atoms with Crippen LogP contribution in [0.3, 0.4) is 0 Å². The number of tetrazole rings is 1. The minimum absolute atomic E-state index is 0.210. The molecule has 2 rings (SSSR count). The van der Waals surface area contributed by atoms with Gasteiger partial charge in [0.25, 0.3) is 0 Å². The molecule has 0 spiro atoms. The lowest BCUT2D eigenvalue weighted by molar-refractivity contribution is -0.123. The highest BCUT2D eigenvalue weighted by molar-refractivity contribution is 5.97. The second kappa shape index (κ2) is 6.09. The van der Waals surface area contributed by atoms with Crippen molar-refractivity contribution in [3.05, 3.63) is 24.3 Å². The fourth-order valence-electron chi connectivity index (χ4n) is 1.75. The molecule has 21 heavy (non-hydrogen) atoms. The highest BCUT2D eigenvalue weighted by atomic mass is 16.2. The molecular weight excluding hydrogens is 274 g/mol. The Bertz CT molecular complexity index is 667. The van der Waals surface area contributed by atoms with Crippen LogP contribution in [0.2, 0.25) is 0 Å². The van der Waals surface area contributed by atoms with Gasteiger partial charge in [-0.25, -0.2) is 4.68 Å². The van der Waals surface area contributed by atoms with Gasteiger partial charge in [0.05, 0.1) is 12.5 Å². The Kier molecular flexibility index (Phi) is 4.24. The molecule has 0 aliphatic carbocycles. The summed E-state index contributed by atoms with van der Waals surface area (Å²) in [5.41, 5.74) is 11.8. The van der Waals surface area contributed by atoms with Gasteiger partial charge >= 0.3 is 0 Å². The molecule has 0 aliphatic rings. The number of carbonyl (C=O) groups excluding carboxylic acids is 2. The van der Waals surface area contributed by atoms with Crippen molar-refractivity contribution in [2.24, 2.45) is 18.5 Å². The van der Waals surface area contributed by atoms with Crippen LogP contribution in [0.15, 0.2) is 24.3 Å². The largest absolute Gasteiger partial charge is 0.370 e. The van der Waals surface area contributed by atoms with Crippen molar-refractivity contribution < 1.29 is 9.59 Å². The molecule has 110 valence electrons. The van der Waals surface area contributed by atoms with Gasteiger partial charge in [-0.05, 0) is 22.6 Å². The Balaban J connectivity index is 2.13. The van der Waals surface area contributed by atoms with E-state index in [1.807, 2.05) is 6.07 Å². The van der Waals surface area contributed by atoms with Gasteiger partial charge in [0.2, 0.25) is 11.8 Å². The van der Waals surface area contributed by atoms with Gasteiger partial charge in [0, 0.05) is 18.3 Å². The average Bonchev–Trinajstić information content (AvgIpc) is 2.84. The summed E-state index contributed by atoms with van der Waals surface area (Å²) in [4.78, 5) is 22.6. The number of anilines is 1. The molecule has 1 aromatic carbocycles. The molecule has 5 N–H and O–H groups in total. The van der Waals surface area contributed by atoms with Crippen molar-refractivity contribution in [1.29, 1.82) is 0 Å². The molecule has 0 radical (unpaired) electrons. The van der Waals surface area contributed by atoms with E-state index in [0.29, 0.717) is 11.5 Å². The number of carbonyl (C=O) groups is 2. The van der Waals surface area contributed by atoms with E-state index < -0.39 is 17.9 Å². The lowest BCUT2D eigenvalue weighted by atomic mass is 10.1. The highest BCUT2D eigenvalue weighted by Crippen LogP contribution is 2.19. The number of nitrogens with zero attached hydrogens (tertiary/aromatic N) is 4. The lowest BCUT2D eigenvalue weighted by Gasteiger charge is -2.11. The van der Waals surface area contributed by atoms with E-state index in [2.05, 4.69) is 20.8 Å². The van der Waals surface area contributed by atoms with Gasteiger partial charge in [-0.1, -0.05) is 12.1 Å². The van der Waals surface area contributed by atoms with Gasteiger partial charge in [-0.15, -0.1) is 5.10 Å². The van der Waals surface area contributed by atoms with Crippen LogP contribution in [0.1, 0.15) is 6.42 Å². The van der Waals surface area contributed by atoms with Crippen LogP contribution in [-0.2, 0) is 16.6 Å². The molecular formula is C12H15N7O2. The fourth-order valence-corrected chi connectivity index (χ4v) is 1.75. The maximum Gasteiger partial charge on any atom is 0.241 e. The first-order chi connectivity index (χ1) is 9.97. The van der Waals surface area contributed by atoms with E-state index >= 15 is 0 Å². The van der Waals surface area contributed by atoms with E-state index in [4.69, 9.17) is 11.5 Å². The van der Waals surface area contributed by atoms with Crippen LogP contribution in [0.4, 0.5) is 5.69 Å². The third kappa shape index (κ3) is 3.60. The zero-order chi connectivity index (χ0) is 15.4. The number of rotatable bonds is 5. The monoisotopic (exact) mass is 289 g/mol. The highest BCUT2D eigenvalue weighted by Gasteiger charge is 2.16. The summed E-state index contributed by atoms with van der Waals surface area (Å²) in [6.45, 7) is 0. The molecule has 0 bridgehead atoms. The van der Waals surface area contributed by atoms with Gasteiger partial charge in [-0.2, -0.15) is 0 Å². The van der Waals surface area contributed by atoms with Crippen LogP contribution in [0.5, 0.6) is 0 Å². The number of hydrogen-bond acceptors (Lipinski definition) is 6. The fraction of sp³-hybridized carbons (Fsp3) is 0.250. The molecule has 1 atom stereocenters. The minimum atomic E-state index is -0.984. The van der Waals surface area contributed by atoms with E-state index in [9.17, 15) is 9.59 Å². The first kappa shape index (κ1) is 14.6. The summed E-state index contributed by atoms with van der Waals surface area (Å²) < 4.78 is 1.51. The number of benzene rings is 1. The van der Waals surface area contributed by atoms with E-state index in [-0.39, 0.29) is 6.42 Å². The first-order valence-corrected chi connectivity index (χ1v) is 6.15. The maximum atomic E-state index is 11.8. The zero-order valence-corrected chi connectivity index (χ0v) is 11.4. The maximum absolute atomic E-state index is 11.8. The SMILES string of the molecule is Cn1nnnc1-c1cccc(NC(=O)C(N)CC(N)=O)c1. The number of nitrogens with two attached hydrogens (primary N) is 2. The van der Waals surface area contributed by atoms with Crippen molar-refractivity contribution in [2.75, 3.05) is 5.32 Å². The number of aryl methyl sites for hydroxylation is 1. The standard InChI is InChI=1S/C12H15N7O2/c1-19-11(16-17-18-19)7-3-2-4-8(5-7)15-12(21)9(13)6-10(14)20/h2-5,9H,6,13H2,1H3,(H2,14,20)(H,15,21). The summed E-state index contributed by atoms with van der Waals surface area (Å²) in [7, 11) is 1.71. The summed E-state index contributed by atoms with van der Waals surface area (Å²) in [6, 6.07) is 5.98. The van der Waals surface area contributed by atoms with E-state index in [0.717, 1.165) is 5.56 Å². The van der Waals surface area contributed by atoms with Crippen LogP contribution >= 0.6 is 0 Å². The molecule has 9 heteroatoms. The van der Waals surface area contributed by atoms with Crippen LogP contribution in [0, 0.1) is 0 Å². The molecule has 1 aromatic heterocycles. The number of hydrogen-bond donors (Lipinski definition) is 3. The summed E-state index contributed by atoms with van der Waals surface area (Å²) in [6.07, 6.45) is -0.210. The first-order valence-electron chi connectivity index (χ1n) is 6.15. The zero-order valence-electron chi connectivity index (χ0n) is 11.4. The van der Waals surface area contributed by atoms with E-state index in [1.54, 1.807) is 25.2 Å². The van der Waals surface area contributed by atoms with Crippen molar-refractivity contribution >= 4 is 17.5 Å². The van der Waals surface area contributed by atoms with Gasteiger partial charge in [-0.3, -0.25) is 9.59 Å². The van der Waals surface area contributed by atoms with Crippen molar-refractivity contribution in [1.82, 2.24) is 20.2 Å². The van der Waals surface area contributed by atoms with Crippen LogP contribution in [-0.4, -0.2) is 38.1 Å². The molecule has 9 nitrogen and oxygen atoms in total. The quantitative estimate of drug-likeness (QED) is 0.645. The molecule has 0 saturated carbocycles. The summed E-state index contributed by atoms with van der Waals surface area (Å²) in [5.74, 6) is -0.550. The Morgan fingerprint density at radius 1 is 1.43 bits per heavy atom. The third-order valence-corrected chi connectivity index (χ3v) is 2.77. The molecule has 0 fully saturated rings. The lowest BCUT2D eigenvalue weighted by Crippen LogP contribution is -2.38. The normalized spacial score (nSPS) is 11.9. The molecule has 2 aromatic rings. The molecule has 1 heterocycles. The predicted molar refractivity (Wildman–Crippen MR) is 74.7 cm³/mol. The van der Waals surface area contributed by atoms with Crippen LogP contribution in [0.25, 0.3) is 11.4 Å². The molecule has 2 amide bonds. The van der Waals surface area contributed by atoms with Crippen molar-refractivity contribution in [3.8, 4) is 11.4 Å². The topological polar surface area (TPSA) is 142 Å². The number of aromatic nitrogens is 4. The Morgan fingerprint density at radius 2 is 2.19 bits per heavy atom. The summed E-state index contributed by atoms with van der Waals surface area (Å²) in [5, 5.41) is 13.8. The van der Waals surface area contributed by atoms with Crippen molar-refractivity contribution in [2.45, 2.75) is 12.5 Å². The van der Waals surface area contributed by atoms with Crippen LogP contribution < -0.4 is 16.8 Å². The molecule has 1 unspecified atom stereocenters. The smallest absolute Gasteiger partial charge is 0.241 e. The van der Waals surface area contributed by atoms with Gasteiger partial charge in [0.15, 0.2) is 5.82 Å². The average molecular weight is 289 g/mol. The van der Waals surface area contributed by atoms with E-state index in [1.165, 1.54) is 4.68 Å². The van der Waals surface area contributed by atoms with Gasteiger partial charge in [0.1, 0.15) is 0 Å². The van der Waals surface area contributed by atoms with Crippen molar-refractivity contribution in [3.63, 3.8) is 0 Å². The number of nitrogens with one attached hydrogen (secondary N) is 1. The Labute approximate surface area is 120 Å². The summed E-state index contributed by atoms with van der Waals surface area (Å²) >= 11 is 0. The van der Waals surface area contributed by atoms with Gasteiger partial charge < -0.3 is 16.8 Å². The second-order valence-electron chi connectivity index (χ2n) is 4.47. The number of primary amides is 1.